The van der Waals surface area contributed by atoms with Crippen molar-refractivity contribution in [1.82, 2.24) is 0 Å². The molecule has 1 unspecified atom stereocenters. The van der Waals surface area contributed by atoms with E-state index >= 15 is 0 Å². The third-order valence-electron chi connectivity index (χ3n) is 3.06. The molecule has 21 heavy (non-hydrogen) atoms. The summed E-state index contributed by atoms with van der Waals surface area (Å²) < 4.78 is 32.9. The minimum atomic E-state index is -0.646. The van der Waals surface area contributed by atoms with Gasteiger partial charge < -0.3 is 10.5 Å². The largest absolute Gasteiger partial charge is 0.486 e. The average molecular weight is 288 g/mol. The van der Waals surface area contributed by atoms with Crippen LogP contribution in [0.4, 0.5) is 8.78 Å². The zero-order chi connectivity index (χ0) is 15.4. The number of rotatable bonds is 4. The summed E-state index contributed by atoms with van der Waals surface area (Å²) in [5.74, 6) is -1.18. The smallest absolute Gasteiger partial charge is 0.165 e. The Labute approximate surface area is 121 Å². The molecule has 0 saturated heterocycles. The van der Waals surface area contributed by atoms with E-state index in [0.717, 1.165) is 0 Å². The Balaban J connectivity index is 2.16. The third kappa shape index (κ3) is 3.36. The maximum absolute atomic E-state index is 13.8. The lowest BCUT2D eigenvalue weighted by Crippen LogP contribution is -2.06. The van der Waals surface area contributed by atoms with E-state index in [9.17, 15) is 8.78 Å². The SMILES string of the molecule is CC(N)c1ccc(OCc2cccc(C#N)c2F)c(F)c1. The highest BCUT2D eigenvalue weighted by atomic mass is 19.1. The van der Waals surface area contributed by atoms with Gasteiger partial charge in [-0.25, -0.2) is 8.78 Å². The second-order valence-electron chi connectivity index (χ2n) is 4.66. The molecule has 2 aromatic rings. The Bertz CT molecular complexity index is 693. The van der Waals surface area contributed by atoms with Gasteiger partial charge in [-0.15, -0.1) is 0 Å². The van der Waals surface area contributed by atoms with Gasteiger partial charge in [0.2, 0.25) is 0 Å². The summed E-state index contributed by atoms with van der Waals surface area (Å²) in [6.45, 7) is 1.59. The summed E-state index contributed by atoms with van der Waals surface area (Å²) in [6.07, 6.45) is 0. The molecule has 0 saturated carbocycles. The minimum Gasteiger partial charge on any atom is -0.486 e. The molecular weight excluding hydrogens is 274 g/mol. The molecule has 0 aliphatic carbocycles. The molecule has 0 bridgehead atoms. The molecule has 2 N–H and O–H groups in total. The van der Waals surface area contributed by atoms with Crippen molar-refractivity contribution in [3.63, 3.8) is 0 Å². The number of hydrogen-bond donors (Lipinski definition) is 1. The van der Waals surface area contributed by atoms with Gasteiger partial charge in [-0.2, -0.15) is 5.26 Å². The fraction of sp³-hybridized carbons (Fsp3) is 0.188. The third-order valence-corrected chi connectivity index (χ3v) is 3.06. The van der Waals surface area contributed by atoms with Crippen molar-refractivity contribution >= 4 is 0 Å². The van der Waals surface area contributed by atoms with E-state index in [4.69, 9.17) is 15.7 Å². The Morgan fingerprint density at radius 1 is 1.29 bits per heavy atom. The van der Waals surface area contributed by atoms with Gasteiger partial charge in [0.25, 0.3) is 0 Å². The fourth-order valence-corrected chi connectivity index (χ4v) is 1.85. The summed E-state index contributed by atoms with van der Waals surface area (Å²) in [6, 6.07) is 10.3. The van der Waals surface area contributed by atoms with E-state index in [-0.39, 0.29) is 29.5 Å². The topological polar surface area (TPSA) is 59.0 Å². The second kappa shape index (κ2) is 6.33. The summed E-state index contributed by atoms with van der Waals surface area (Å²) in [5, 5.41) is 8.75. The highest BCUT2D eigenvalue weighted by Gasteiger charge is 2.11. The Morgan fingerprint density at radius 2 is 2.05 bits per heavy atom. The highest BCUT2D eigenvalue weighted by molar-refractivity contribution is 5.35. The average Bonchev–Trinajstić information content (AvgIpc) is 2.47. The van der Waals surface area contributed by atoms with Gasteiger partial charge in [-0.05, 0) is 30.7 Å². The molecule has 0 fully saturated rings. The van der Waals surface area contributed by atoms with E-state index in [1.165, 1.54) is 24.3 Å². The minimum absolute atomic E-state index is 0.0150. The van der Waals surface area contributed by atoms with Crippen molar-refractivity contribution in [2.45, 2.75) is 19.6 Å². The summed E-state index contributed by atoms with van der Waals surface area (Å²) >= 11 is 0. The molecule has 0 heterocycles. The van der Waals surface area contributed by atoms with Gasteiger partial charge in [0.05, 0.1) is 5.56 Å². The number of nitriles is 1. The molecule has 0 aromatic heterocycles. The number of nitrogens with two attached hydrogens (primary N) is 1. The van der Waals surface area contributed by atoms with E-state index in [1.807, 2.05) is 0 Å². The standard InChI is InChI=1S/C16H14F2N2O/c1-10(20)11-5-6-15(14(17)7-11)21-9-13-4-2-3-12(8-19)16(13)18/h2-7,10H,9,20H2,1H3. The first-order valence-electron chi connectivity index (χ1n) is 6.38. The van der Waals surface area contributed by atoms with Crippen molar-refractivity contribution in [3.8, 4) is 11.8 Å². The van der Waals surface area contributed by atoms with E-state index < -0.39 is 11.6 Å². The van der Waals surface area contributed by atoms with Crippen LogP contribution in [-0.4, -0.2) is 0 Å². The zero-order valence-electron chi connectivity index (χ0n) is 11.4. The van der Waals surface area contributed by atoms with Gasteiger partial charge >= 0.3 is 0 Å². The number of nitrogens with zero attached hydrogens (tertiary/aromatic N) is 1. The van der Waals surface area contributed by atoms with Crippen molar-refractivity contribution in [2.75, 3.05) is 0 Å². The molecule has 0 spiro atoms. The highest BCUT2D eigenvalue weighted by Crippen LogP contribution is 2.23. The number of hydrogen-bond acceptors (Lipinski definition) is 3. The predicted molar refractivity (Wildman–Crippen MR) is 74.4 cm³/mol. The Kier molecular flexibility index (Phi) is 4.51. The van der Waals surface area contributed by atoms with Crippen LogP contribution in [0, 0.1) is 23.0 Å². The van der Waals surface area contributed by atoms with Crippen molar-refractivity contribution < 1.29 is 13.5 Å². The molecule has 108 valence electrons. The molecule has 0 radical (unpaired) electrons. The van der Waals surface area contributed by atoms with Crippen molar-refractivity contribution in [3.05, 3.63) is 64.7 Å². The molecule has 5 heteroatoms. The summed E-state index contributed by atoms with van der Waals surface area (Å²) in [5.41, 5.74) is 6.45. The van der Waals surface area contributed by atoms with Gasteiger partial charge in [-0.1, -0.05) is 18.2 Å². The summed E-state index contributed by atoms with van der Waals surface area (Å²) in [4.78, 5) is 0. The molecule has 0 amide bonds. The van der Waals surface area contributed by atoms with Crippen LogP contribution >= 0.6 is 0 Å². The van der Waals surface area contributed by atoms with Gasteiger partial charge in [-0.3, -0.25) is 0 Å². The van der Waals surface area contributed by atoms with E-state index in [2.05, 4.69) is 0 Å². The molecule has 1 atom stereocenters. The predicted octanol–water partition coefficient (Wildman–Crippen LogP) is 3.44. The molecule has 3 nitrogen and oxygen atoms in total. The number of halogens is 2. The Hall–Kier alpha value is -2.45. The van der Waals surface area contributed by atoms with Crippen LogP contribution in [0.5, 0.6) is 5.75 Å². The summed E-state index contributed by atoms with van der Waals surface area (Å²) in [7, 11) is 0. The van der Waals surface area contributed by atoms with Crippen LogP contribution < -0.4 is 10.5 Å². The van der Waals surface area contributed by atoms with Crippen LogP contribution in [-0.2, 0) is 6.61 Å². The van der Waals surface area contributed by atoms with Crippen LogP contribution in [0.15, 0.2) is 36.4 Å². The van der Waals surface area contributed by atoms with Crippen LogP contribution in [0.3, 0.4) is 0 Å². The van der Waals surface area contributed by atoms with E-state index in [1.54, 1.807) is 25.1 Å². The maximum Gasteiger partial charge on any atom is 0.165 e. The van der Waals surface area contributed by atoms with Crippen LogP contribution in [0.1, 0.15) is 29.7 Å². The first kappa shape index (κ1) is 14.9. The maximum atomic E-state index is 13.8. The first-order chi connectivity index (χ1) is 10.0. The lowest BCUT2D eigenvalue weighted by atomic mass is 10.1. The molecule has 0 aliphatic rings. The lowest BCUT2D eigenvalue weighted by molar-refractivity contribution is 0.284. The second-order valence-corrected chi connectivity index (χ2v) is 4.66. The van der Waals surface area contributed by atoms with Gasteiger partial charge in [0, 0.05) is 11.6 Å². The number of ether oxygens (including phenoxy) is 1. The zero-order valence-corrected chi connectivity index (χ0v) is 11.4. The van der Waals surface area contributed by atoms with E-state index in [0.29, 0.717) is 5.56 Å². The fourth-order valence-electron chi connectivity index (χ4n) is 1.85. The van der Waals surface area contributed by atoms with Crippen molar-refractivity contribution in [1.29, 1.82) is 5.26 Å². The lowest BCUT2D eigenvalue weighted by Gasteiger charge is -2.11. The van der Waals surface area contributed by atoms with Crippen LogP contribution in [0.2, 0.25) is 0 Å². The van der Waals surface area contributed by atoms with Gasteiger partial charge in [0.15, 0.2) is 11.6 Å². The monoisotopic (exact) mass is 288 g/mol. The first-order valence-corrected chi connectivity index (χ1v) is 6.38. The van der Waals surface area contributed by atoms with Crippen molar-refractivity contribution in [2.24, 2.45) is 5.73 Å². The van der Waals surface area contributed by atoms with Gasteiger partial charge in [0.1, 0.15) is 18.5 Å². The van der Waals surface area contributed by atoms with Crippen LogP contribution in [0.25, 0.3) is 0 Å². The molecular formula is C16H14F2N2O. The molecule has 2 aromatic carbocycles. The quantitative estimate of drug-likeness (QED) is 0.937. The molecule has 0 aliphatic heterocycles. The molecule has 2 rings (SSSR count). The number of benzene rings is 2. The normalized spacial score (nSPS) is 11.8. The Morgan fingerprint density at radius 3 is 2.67 bits per heavy atom.